The van der Waals surface area contributed by atoms with Crippen LogP contribution in [0.15, 0.2) is 28.0 Å². The molecule has 34 heavy (non-hydrogen) atoms. The molecule has 2 aromatic heterocycles. The van der Waals surface area contributed by atoms with E-state index in [9.17, 15) is 29.6 Å². The molecule has 4 heterocycles. The van der Waals surface area contributed by atoms with Crippen molar-refractivity contribution in [2.24, 2.45) is 0 Å². The first-order chi connectivity index (χ1) is 16.2. The van der Waals surface area contributed by atoms with E-state index in [1.165, 1.54) is 50.6 Å². The molecule has 2 aromatic rings. The van der Waals surface area contributed by atoms with Crippen LogP contribution in [0.5, 0.6) is 0 Å². The quantitative estimate of drug-likeness (QED) is 0.198. The second-order valence-electron chi connectivity index (χ2n) is 7.41. The zero-order valence-electron chi connectivity index (χ0n) is 17.7. The highest BCUT2D eigenvalue weighted by atomic mass is 32.2. The van der Waals surface area contributed by atoms with E-state index >= 15 is 0 Å². The van der Waals surface area contributed by atoms with Gasteiger partial charge in [-0.3, -0.25) is 29.3 Å². The van der Waals surface area contributed by atoms with Gasteiger partial charge in [0.2, 0.25) is 5.91 Å². The molecule has 13 nitrogen and oxygen atoms in total. The van der Waals surface area contributed by atoms with E-state index in [1.807, 2.05) is 6.92 Å². The van der Waals surface area contributed by atoms with Crippen molar-refractivity contribution in [3.8, 4) is 0 Å². The second kappa shape index (κ2) is 10.1. The van der Waals surface area contributed by atoms with E-state index in [4.69, 9.17) is 0 Å². The van der Waals surface area contributed by atoms with Crippen LogP contribution in [0, 0.1) is 17.0 Å². The molecule has 2 aliphatic heterocycles. The molecule has 0 aliphatic carbocycles. The Morgan fingerprint density at radius 2 is 2.21 bits per heavy atom. The summed E-state index contributed by atoms with van der Waals surface area (Å²) in [5.74, 6) is -1.19. The van der Waals surface area contributed by atoms with Gasteiger partial charge in [-0.1, -0.05) is 23.1 Å². The number of hydrogen-bond donors (Lipinski definition) is 2. The van der Waals surface area contributed by atoms with E-state index in [2.05, 4.69) is 20.6 Å². The molecule has 2 amide bonds. The number of nitro groups is 1. The number of aromatic nitrogens is 4. The predicted octanol–water partition coefficient (Wildman–Crippen LogP) is 1.26. The van der Waals surface area contributed by atoms with Gasteiger partial charge in [0.15, 0.2) is 4.34 Å². The van der Waals surface area contributed by atoms with Crippen LogP contribution in [-0.2, 0) is 20.9 Å². The minimum atomic E-state index is -1.18. The number of carbonyl (C=O) groups excluding carboxylic acids is 2. The summed E-state index contributed by atoms with van der Waals surface area (Å²) < 4.78 is 2.11. The number of aliphatic carboxylic acids is 1. The number of fused-ring (bicyclic) bond motifs is 1. The van der Waals surface area contributed by atoms with Gasteiger partial charge < -0.3 is 10.4 Å². The van der Waals surface area contributed by atoms with E-state index in [-0.39, 0.29) is 23.7 Å². The van der Waals surface area contributed by atoms with Gasteiger partial charge in [-0.05, 0) is 18.9 Å². The average Bonchev–Trinajstić information content (AvgIpc) is 3.44. The van der Waals surface area contributed by atoms with Crippen LogP contribution in [0.25, 0.3) is 0 Å². The number of carboxylic acids is 1. The Hall–Kier alpha value is -2.98. The van der Waals surface area contributed by atoms with Crippen LogP contribution in [0.1, 0.15) is 17.8 Å². The summed E-state index contributed by atoms with van der Waals surface area (Å²) in [6.45, 7) is 2.15. The molecular weight excluding hydrogens is 506 g/mol. The third kappa shape index (κ3) is 5.07. The number of β-lactam (4-membered cyclic amide) rings is 1. The zero-order chi connectivity index (χ0) is 24.4. The zero-order valence-corrected chi connectivity index (χ0v) is 20.2. The number of carboxylic acid groups (broad SMARTS) is 1. The number of rotatable bonds is 10. The van der Waals surface area contributed by atoms with E-state index < -0.39 is 28.2 Å². The Labute approximate surface area is 205 Å². The molecule has 0 aromatic carbocycles. The molecule has 2 unspecified atom stereocenters. The first-order valence-electron chi connectivity index (χ1n) is 10.0. The lowest BCUT2D eigenvalue weighted by molar-refractivity contribution is -0.385. The van der Waals surface area contributed by atoms with Crippen LogP contribution in [0.4, 0.5) is 5.69 Å². The molecule has 2 N–H and O–H groups in total. The topological polar surface area (TPSA) is 173 Å². The summed E-state index contributed by atoms with van der Waals surface area (Å²) in [4.78, 5) is 48.4. The first kappa shape index (κ1) is 24.2. The molecule has 180 valence electrons. The monoisotopic (exact) mass is 525 g/mol. The van der Waals surface area contributed by atoms with Gasteiger partial charge >= 0.3 is 11.7 Å². The number of carbonyl (C=O) groups is 3. The summed E-state index contributed by atoms with van der Waals surface area (Å²) in [7, 11) is 0. The predicted molar refractivity (Wildman–Crippen MR) is 123 cm³/mol. The van der Waals surface area contributed by atoms with Gasteiger partial charge in [-0.15, -0.1) is 22.0 Å². The minimum absolute atomic E-state index is 0.0340. The first-order valence-corrected chi connectivity index (χ1v) is 12.9. The normalized spacial score (nSPS) is 19.6. The molecule has 2 atom stereocenters. The van der Waals surface area contributed by atoms with E-state index in [0.717, 1.165) is 15.5 Å². The fourth-order valence-corrected chi connectivity index (χ4v) is 6.80. The van der Waals surface area contributed by atoms with Crippen molar-refractivity contribution in [2.75, 3.05) is 11.5 Å². The SMILES string of the molecule is Cc1nnc(SCC2=C(C(=O)O)N3C(=O)C(NC(=O)CCCn4cc([N+](=O)[O-])cn4)C3SC2)s1. The van der Waals surface area contributed by atoms with Gasteiger partial charge in [0, 0.05) is 24.5 Å². The Kier molecular flexibility index (Phi) is 7.18. The van der Waals surface area contributed by atoms with E-state index in [1.54, 1.807) is 0 Å². The van der Waals surface area contributed by atoms with Crippen molar-refractivity contribution >= 4 is 58.3 Å². The molecule has 4 rings (SSSR count). The molecule has 0 saturated carbocycles. The number of thioether (sulfide) groups is 2. The summed E-state index contributed by atoms with van der Waals surface area (Å²) in [6.07, 6.45) is 2.89. The van der Waals surface area contributed by atoms with Crippen molar-refractivity contribution in [3.05, 3.63) is 38.8 Å². The fourth-order valence-electron chi connectivity index (χ4n) is 3.50. The lowest BCUT2D eigenvalue weighted by atomic mass is 10.0. The van der Waals surface area contributed by atoms with Gasteiger partial charge in [0.05, 0.1) is 4.92 Å². The molecule has 2 aliphatic rings. The highest BCUT2D eigenvalue weighted by molar-refractivity contribution is 8.01. The Morgan fingerprint density at radius 3 is 2.85 bits per heavy atom. The average molecular weight is 526 g/mol. The van der Waals surface area contributed by atoms with Crippen molar-refractivity contribution < 1.29 is 24.4 Å². The summed E-state index contributed by atoms with van der Waals surface area (Å²) in [6, 6.07) is -0.794. The molecule has 1 fully saturated rings. The van der Waals surface area contributed by atoms with Crippen LogP contribution < -0.4 is 5.32 Å². The highest BCUT2D eigenvalue weighted by Crippen LogP contribution is 2.41. The lowest BCUT2D eigenvalue weighted by Crippen LogP contribution is -2.70. The third-order valence-corrected chi connectivity index (χ3v) is 8.46. The molecular formula is C18H19N7O6S3. The minimum Gasteiger partial charge on any atom is -0.477 e. The molecule has 0 radical (unpaired) electrons. The van der Waals surface area contributed by atoms with Gasteiger partial charge in [-0.25, -0.2) is 4.79 Å². The number of hydrogen-bond acceptors (Lipinski definition) is 11. The van der Waals surface area contributed by atoms with E-state index in [0.29, 0.717) is 30.0 Å². The van der Waals surface area contributed by atoms with Gasteiger partial charge in [-0.2, -0.15) is 5.10 Å². The Morgan fingerprint density at radius 1 is 1.41 bits per heavy atom. The summed E-state index contributed by atoms with van der Waals surface area (Å²) in [5.41, 5.74) is 0.462. The maximum absolute atomic E-state index is 12.7. The third-order valence-electron chi connectivity index (χ3n) is 5.07. The maximum Gasteiger partial charge on any atom is 0.352 e. The summed E-state index contributed by atoms with van der Waals surface area (Å²) in [5, 5.41) is 35.3. The lowest BCUT2D eigenvalue weighted by Gasteiger charge is -2.49. The molecule has 16 heteroatoms. The Bertz CT molecular complexity index is 1180. The smallest absolute Gasteiger partial charge is 0.352 e. The highest BCUT2D eigenvalue weighted by Gasteiger charge is 2.54. The Balaban J connectivity index is 1.31. The number of amides is 2. The molecule has 0 bridgehead atoms. The van der Waals surface area contributed by atoms with Gasteiger partial charge in [0.1, 0.15) is 34.5 Å². The van der Waals surface area contributed by atoms with Crippen molar-refractivity contribution in [1.82, 2.24) is 30.2 Å². The largest absolute Gasteiger partial charge is 0.477 e. The summed E-state index contributed by atoms with van der Waals surface area (Å²) >= 11 is 4.20. The standard InChI is InChI=1S/C18H19N7O6S3/c1-9-21-22-18(34-9)33-8-10-7-32-16-13(15(27)24(16)14(10)17(28)29)20-12(26)3-2-4-23-6-11(5-19-23)25(30)31/h5-6,13,16H,2-4,7-8H2,1H3,(H,20,26)(H,28,29). The van der Waals surface area contributed by atoms with Crippen molar-refractivity contribution in [2.45, 2.75) is 42.1 Å². The van der Waals surface area contributed by atoms with Crippen LogP contribution >= 0.6 is 34.9 Å². The molecule has 0 spiro atoms. The van der Waals surface area contributed by atoms with Crippen molar-refractivity contribution in [3.63, 3.8) is 0 Å². The van der Waals surface area contributed by atoms with Crippen LogP contribution in [0.2, 0.25) is 0 Å². The molecule has 1 saturated heterocycles. The maximum atomic E-state index is 12.7. The van der Waals surface area contributed by atoms with Crippen molar-refractivity contribution in [1.29, 1.82) is 0 Å². The number of nitrogens with one attached hydrogen (secondary N) is 1. The second-order valence-corrected chi connectivity index (χ2v) is 10.9. The number of nitrogens with zero attached hydrogens (tertiary/aromatic N) is 6. The van der Waals surface area contributed by atoms with Crippen LogP contribution in [0.3, 0.4) is 0 Å². The fraction of sp³-hybridized carbons (Fsp3) is 0.444. The number of aryl methyl sites for hydroxylation is 2. The van der Waals surface area contributed by atoms with Crippen LogP contribution in [-0.4, -0.2) is 75.6 Å². The van der Waals surface area contributed by atoms with Gasteiger partial charge in [0.25, 0.3) is 5.91 Å².